The van der Waals surface area contributed by atoms with Crippen LogP contribution in [0, 0.1) is 0 Å². The van der Waals surface area contributed by atoms with Gasteiger partial charge in [0.1, 0.15) is 0 Å². The third-order valence-corrected chi connectivity index (χ3v) is 7.23. The number of benzene rings is 3. The molecule has 4 nitrogen and oxygen atoms in total. The molecule has 36 heavy (non-hydrogen) atoms. The van der Waals surface area contributed by atoms with E-state index in [4.69, 9.17) is 0 Å². The van der Waals surface area contributed by atoms with Crippen molar-refractivity contribution in [2.24, 2.45) is 0 Å². The zero-order chi connectivity index (χ0) is 25.1. The number of thiophene rings is 1. The van der Waals surface area contributed by atoms with Crippen LogP contribution in [0.25, 0.3) is 16.3 Å². The predicted octanol–water partition coefficient (Wildman–Crippen LogP) is 8.02. The molecule has 0 radical (unpaired) electrons. The zero-order valence-electron chi connectivity index (χ0n) is 18.6. The summed E-state index contributed by atoms with van der Waals surface area (Å²) in [6, 6.07) is 28.2. The molecule has 0 spiro atoms. The smallest absolute Gasteiger partial charge is 0.321 e. The van der Waals surface area contributed by atoms with Gasteiger partial charge in [0, 0.05) is 15.4 Å². The Hall–Kier alpha value is -3.82. The molecule has 5 rings (SSSR count). The number of alkyl halides is 3. The van der Waals surface area contributed by atoms with Crippen molar-refractivity contribution < 1.29 is 18.0 Å². The minimum atomic E-state index is -4.57. The average molecular weight is 522 g/mol. The van der Waals surface area contributed by atoms with Crippen molar-refractivity contribution in [2.45, 2.75) is 16.0 Å². The Morgan fingerprint density at radius 3 is 2.31 bits per heavy atom. The lowest BCUT2D eigenvalue weighted by Gasteiger charge is -2.12. The van der Waals surface area contributed by atoms with E-state index in [9.17, 15) is 18.0 Å². The van der Waals surface area contributed by atoms with E-state index >= 15 is 0 Å². The van der Waals surface area contributed by atoms with Gasteiger partial charge in [0.25, 0.3) is 5.91 Å². The van der Waals surface area contributed by atoms with Crippen LogP contribution in [0.3, 0.4) is 0 Å². The number of carbonyl (C=O) groups is 1. The number of hydrogen-bond donors (Lipinski definition) is 1. The number of nitrogens with zero attached hydrogens (tertiary/aromatic N) is 2. The second-order valence-corrected chi connectivity index (χ2v) is 9.78. The highest BCUT2D eigenvalue weighted by Crippen LogP contribution is 2.35. The summed E-state index contributed by atoms with van der Waals surface area (Å²) in [4.78, 5) is 15.6. The van der Waals surface area contributed by atoms with E-state index < -0.39 is 11.9 Å². The van der Waals surface area contributed by atoms with Crippen molar-refractivity contribution in [1.29, 1.82) is 0 Å². The summed E-state index contributed by atoms with van der Waals surface area (Å²) < 4.78 is 41.3. The Bertz CT molecular complexity index is 1480. The topological polar surface area (TPSA) is 46.9 Å². The summed E-state index contributed by atoms with van der Waals surface area (Å²) in [7, 11) is 0. The van der Waals surface area contributed by atoms with E-state index in [-0.39, 0.29) is 5.91 Å². The normalized spacial score (nSPS) is 11.4. The molecule has 9 heteroatoms. The average Bonchev–Trinajstić information content (AvgIpc) is 3.56. The second-order valence-electron chi connectivity index (χ2n) is 7.71. The second kappa shape index (κ2) is 10.0. The Labute approximate surface area is 213 Å². The quantitative estimate of drug-likeness (QED) is 0.246. The fourth-order valence-corrected chi connectivity index (χ4v) is 5.19. The lowest BCUT2D eigenvalue weighted by Crippen LogP contribution is -2.13. The van der Waals surface area contributed by atoms with E-state index in [0.717, 1.165) is 15.9 Å². The van der Waals surface area contributed by atoms with Gasteiger partial charge in [-0.1, -0.05) is 48.2 Å². The number of hydrogen-bond acceptors (Lipinski definition) is 4. The Morgan fingerprint density at radius 1 is 0.889 bits per heavy atom. The molecule has 2 aromatic heterocycles. The molecule has 0 unspecified atom stereocenters. The van der Waals surface area contributed by atoms with Crippen molar-refractivity contribution in [3.63, 3.8) is 0 Å². The Balaban J connectivity index is 1.39. The van der Waals surface area contributed by atoms with Crippen LogP contribution in [0.15, 0.2) is 112 Å². The first-order valence-corrected chi connectivity index (χ1v) is 12.5. The van der Waals surface area contributed by atoms with Crippen molar-refractivity contribution in [1.82, 2.24) is 9.78 Å². The van der Waals surface area contributed by atoms with Crippen molar-refractivity contribution >= 4 is 34.7 Å². The van der Waals surface area contributed by atoms with E-state index in [1.54, 1.807) is 41.8 Å². The van der Waals surface area contributed by atoms with Crippen LogP contribution in [-0.4, -0.2) is 15.7 Å². The minimum absolute atomic E-state index is 0.322. The molecule has 3 aromatic carbocycles. The summed E-state index contributed by atoms with van der Waals surface area (Å²) in [5.41, 5.74) is 0.827. The van der Waals surface area contributed by atoms with Gasteiger partial charge in [0.2, 0.25) is 0 Å². The minimum Gasteiger partial charge on any atom is -0.321 e. The number of carbonyl (C=O) groups excluding carboxylic acids is 1. The summed E-state index contributed by atoms with van der Waals surface area (Å²) >= 11 is 2.86. The van der Waals surface area contributed by atoms with E-state index in [2.05, 4.69) is 10.4 Å². The molecule has 0 bridgehead atoms. The van der Waals surface area contributed by atoms with Gasteiger partial charge in [-0.25, -0.2) is 4.68 Å². The third-order valence-electron chi connectivity index (χ3n) is 5.25. The summed E-state index contributed by atoms with van der Waals surface area (Å²) in [5.74, 6) is -0.322. The molecular weight excluding hydrogens is 503 g/mol. The molecule has 0 saturated heterocycles. The maximum atomic E-state index is 13.4. The van der Waals surface area contributed by atoms with Crippen LogP contribution in [-0.2, 0) is 6.18 Å². The molecule has 0 aliphatic heterocycles. The highest BCUT2D eigenvalue weighted by atomic mass is 32.2. The number of halogens is 3. The summed E-state index contributed by atoms with van der Waals surface area (Å²) in [6.07, 6.45) is -4.57. The number of amides is 1. The lowest BCUT2D eigenvalue weighted by molar-refractivity contribution is -0.141. The van der Waals surface area contributed by atoms with Gasteiger partial charge in [0.05, 0.1) is 21.9 Å². The highest BCUT2D eigenvalue weighted by molar-refractivity contribution is 7.99. The molecule has 0 aliphatic rings. The fourth-order valence-electron chi connectivity index (χ4n) is 3.54. The lowest BCUT2D eigenvalue weighted by atomic mass is 10.2. The van der Waals surface area contributed by atoms with Gasteiger partial charge < -0.3 is 5.32 Å². The van der Waals surface area contributed by atoms with Crippen LogP contribution in [0.2, 0.25) is 0 Å². The molecule has 1 N–H and O–H groups in total. The molecule has 180 valence electrons. The number of aromatic nitrogens is 2. The zero-order valence-corrected chi connectivity index (χ0v) is 20.2. The highest BCUT2D eigenvalue weighted by Gasteiger charge is 2.35. The fraction of sp³-hybridized carbons (Fsp3) is 0.0370. The molecule has 1 amide bonds. The van der Waals surface area contributed by atoms with Gasteiger partial charge >= 0.3 is 6.18 Å². The van der Waals surface area contributed by atoms with E-state index in [1.165, 1.54) is 27.8 Å². The van der Waals surface area contributed by atoms with Crippen LogP contribution < -0.4 is 5.32 Å². The Morgan fingerprint density at radius 2 is 1.61 bits per heavy atom. The molecule has 0 saturated carbocycles. The van der Waals surface area contributed by atoms with Crippen molar-refractivity contribution in [2.75, 3.05) is 5.32 Å². The molecule has 0 atom stereocenters. The third kappa shape index (κ3) is 5.22. The van der Waals surface area contributed by atoms with E-state index in [0.29, 0.717) is 27.5 Å². The van der Waals surface area contributed by atoms with Crippen LogP contribution in [0.5, 0.6) is 0 Å². The number of nitrogens with one attached hydrogen (secondary N) is 1. The SMILES string of the molecule is O=C(Nc1ccccc1Sc1ccccc1)c1ccc(-n2nc(C(F)(F)F)cc2-c2cccs2)cc1. The van der Waals surface area contributed by atoms with Crippen LogP contribution in [0.4, 0.5) is 18.9 Å². The van der Waals surface area contributed by atoms with Gasteiger partial charge in [-0.2, -0.15) is 18.3 Å². The maximum Gasteiger partial charge on any atom is 0.435 e. The van der Waals surface area contributed by atoms with Gasteiger partial charge in [-0.05, 0) is 66.0 Å². The molecule has 5 aromatic rings. The molecule has 2 heterocycles. The Kier molecular flexibility index (Phi) is 6.67. The standard InChI is InChI=1S/C27H18F3N3OS2/c28-27(29,30)25-17-22(24-11-6-16-35-24)33(32-25)19-14-12-18(13-15-19)26(34)31-21-9-4-5-10-23(21)36-20-7-2-1-3-8-20/h1-17H,(H,31,34). The number of rotatable bonds is 6. The predicted molar refractivity (Wildman–Crippen MR) is 137 cm³/mol. The summed E-state index contributed by atoms with van der Waals surface area (Å²) in [5, 5.41) is 8.52. The van der Waals surface area contributed by atoms with Crippen LogP contribution >= 0.6 is 23.1 Å². The van der Waals surface area contributed by atoms with Gasteiger partial charge in [-0.15, -0.1) is 11.3 Å². The molecular formula is C27H18F3N3OS2. The monoisotopic (exact) mass is 521 g/mol. The van der Waals surface area contributed by atoms with Crippen molar-refractivity contribution in [3.05, 3.63) is 114 Å². The van der Waals surface area contributed by atoms with Crippen LogP contribution in [0.1, 0.15) is 16.1 Å². The van der Waals surface area contributed by atoms with Gasteiger partial charge in [0.15, 0.2) is 5.69 Å². The van der Waals surface area contributed by atoms with Gasteiger partial charge in [-0.3, -0.25) is 4.79 Å². The molecule has 0 aliphatic carbocycles. The van der Waals surface area contributed by atoms with E-state index in [1.807, 2.05) is 54.6 Å². The maximum absolute atomic E-state index is 13.4. The first kappa shape index (κ1) is 23.9. The first-order valence-electron chi connectivity index (χ1n) is 10.8. The largest absolute Gasteiger partial charge is 0.435 e. The summed E-state index contributed by atoms with van der Waals surface area (Å²) in [6.45, 7) is 0. The number of para-hydroxylation sites is 1. The van der Waals surface area contributed by atoms with Crippen molar-refractivity contribution in [3.8, 4) is 16.3 Å². The number of anilines is 1. The molecule has 0 fully saturated rings. The first-order chi connectivity index (χ1) is 17.4.